The average molecular weight is 194 g/mol. The largest absolute Gasteiger partial charge is 0.481 e. The summed E-state index contributed by atoms with van der Waals surface area (Å²) in [5, 5.41) is 8.44. The van der Waals surface area contributed by atoms with E-state index in [1.807, 2.05) is 24.3 Å². The predicted octanol–water partition coefficient (Wildman–Crippen LogP) is 2.51. The van der Waals surface area contributed by atoms with Crippen LogP contribution in [0.3, 0.4) is 0 Å². The van der Waals surface area contributed by atoms with E-state index in [-0.39, 0.29) is 5.75 Å². The molecule has 68 valence electrons. The number of hydrogen-bond donors (Lipinski definition) is 1. The third-order valence-corrected chi connectivity index (χ3v) is 2.47. The first kappa shape index (κ1) is 9.86. The summed E-state index contributed by atoms with van der Waals surface area (Å²) in [4.78, 5) is 11.2. The van der Waals surface area contributed by atoms with E-state index in [4.69, 9.17) is 5.11 Å². The first-order valence-electron chi connectivity index (χ1n) is 3.79. The van der Waals surface area contributed by atoms with Gasteiger partial charge in [0.15, 0.2) is 0 Å². The summed E-state index contributed by atoms with van der Waals surface area (Å²) in [6.45, 7) is 3.63. The topological polar surface area (TPSA) is 37.3 Å². The van der Waals surface area contributed by atoms with Gasteiger partial charge < -0.3 is 5.11 Å². The van der Waals surface area contributed by atoms with Gasteiger partial charge in [-0.15, -0.1) is 11.8 Å². The predicted molar refractivity (Wildman–Crippen MR) is 54.9 cm³/mol. The second-order valence-corrected chi connectivity index (χ2v) is 3.50. The lowest BCUT2D eigenvalue weighted by Gasteiger charge is -1.98. The van der Waals surface area contributed by atoms with Gasteiger partial charge in [0, 0.05) is 4.90 Å². The minimum Gasteiger partial charge on any atom is -0.481 e. The fourth-order valence-corrected chi connectivity index (χ4v) is 1.46. The van der Waals surface area contributed by atoms with Gasteiger partial charge in [-0.25, -0.2) is 0 Å². The number of rotatable bonds is 4. The maximum absolute atomic E-state index is 10.3. The molecule has 3 heteroatoms. The standard InChI is InChI=1S/C10H10O2S/c1-2-8-3-5-9(6-4-8)13-7-10(11)12/h2-6H,1,7H2,(H,11,12). The van der Waals surface area contributed by atoms with E-state index in [9.17, 15) is 4.79 Å². The minimum absolute atomic E-state index is 0.105. The van der Waals surface area contributed by atoms with Crippen molar-refractivity contribution in [3.8, 4) is 0 Å². The number of aliphatic carboxylic acids is 1. The summed E-state index contributed by atoms with van der Waals surface area (Å²) >= 11 is 1.31. The molecule has 0 aliphatic carbocycles. The molecular weight excluding hydrogens is 184 g/mol. The lowest BCUT2D eigenvalue weighted by Crippen LogP contribution is -1.97. The molecule has 0 aliphatic heterocycles. The first-order chi connectivity index (χ1) is 6.22. The van der Waals surface area contributed by atoms with Gasteiger partial charge in [-0.2, -0.15) is 0 Å². The summed E-state index contributed by atoms with van der Waals surface area (Å²) in [7, 11) is 0. The Morgan fingerprint density at radius 1 is 1.46 bits per heavy atom. The van der Waals surface area contributed by atoms with Crippen molar-refractivity contribution in [2.75, 3.05) is 5.75 Å². The molecule has 0 spiro atoms. The van der Waals surface area contributed by atoms with Gasteiger partial charge in [-0.3, -0.25) is 4.79 Å². The van der Waals surface area contributed by atoms with E-state index in [2.05, 4.69) is 6.58 Å². The number of hydrogen-bond acceptors (Lipinski definition) is 2. The number of benzene rings is 1. The summed E-state index contributed by atoms with van der Waals surface area (Å²) in [6.07, 6.45) is 1.76. The molecule has 0 saturated carbocycles. The number of carboxylic acid groups (broad SMARTS) is 1. The highest BCUT2D eigenvalue weighted by atomic mass is 32.2. The Kier molecular flexibility index (Phi) is 3.58. The molecule has 0 saturated heterocycles. The van der Waals surface area contributed by atoms with Crippen LogP contribution in [0.15, 0.2) is 35.7 Å². The van der Waals surface area contributed by atoms with E-state index in [1.165, 1.54) is 11.8 Å². The van der Waals surface area contributed by atoms with Crippen LogP contribution in [-0.2, 0) is 4.79 Å². The van der Waals surface area contributed by atoms with Gasteiger partial charge in [0.05, 0.1) is 5.75 Å². The van der Waals surface area contributed by atoms with E-state index in [1.54, 1.807) is 6.08 Å². The summed E-state index contributed by atoms with van der Waals surface area (Å²) in [5.74, 6) is -0.689. The van der Waals surface area contributed by atoms with Crippen molar-refractivity contribution in [2.24, 2.45) is 0 Å². The highest BCUT2D eigenvalue weighted by molar-refractivity contribution is 8.00. The average Bonchev–Trinajstić information content (AvgIpc) is 2.15. The Bertz CT molecular complexity index is 303. The Hall–Kier alpha value is -1.22. The van der Waals surface area contributed by atoms with Crippen molar-refractivity contribution in [2.45, 2.75) is 4.90 Å². The van der Waals surface area contributed by atoms with Gasteiger partial charge in [0.1, 0.15) is 0 Å². The number of carbonyl (C=O) groups is 1. The summed E-state index contributed by atoms with van der Waals surface area (Å²) in [6, 6.07) is 7.61. The molecule has 0 atom stereocenters. The monoisotopic (exact) mass is 194 g/mol. The molecule has 1 rings (SSSR count). The van der Waals surface area contributed by atoms with Crippen LogP contribution in [0.2, 0.25) is 0 Å². The van der Waals surface area contributed by atoms with Crippen LogP contribution in [0.25, 0.3) is 6.08 Å². The van der Waals surface area contributed by atoms with Crippen molar-refractivity contribution in [3.05, 3.63) is 36.4 Å². The van der Waals surface area contributed by atoms with Gasteiger partial charge in [-0.1, -0.05) is 24.8 Å². The molecule has 13 heavy (non-hydrogen) atoms. The molecule has 1 aromatic rings. The van der Waals surface area contributed by atoms with E-state index in [0.29, 0.717) is 0 Å². The number of carboxylic acids is 1. The SMILES string of the molecule is C=Cc1ccc(SCC(=O)O)cc1. The van der Waals surface area contributed by atoms with Crippen LogP contribution in [0, 0.1) is 0 Å². The molecule has 0 radical (unpaired) electrons. The third kappa shape index (κ3) is 3.34. The lowest BCUT2D eigenvalue weighted by molar-refractivity contribution is -0.133. The molecule has 2 nitrogen and oxygen atoms in total. The molecule has 0 fully saturated rings. The smallest absolute Gasteiger partial charge is 0.313 e. The molecular formula is C10H10O2S. The quantitative estimate of drug-likeness (QED) is 0.748. The van der Waals surface area contributed by atoms with Crippen molar-refractivity contribution in [3.63, 3.8) is 0 Å². The van der Waals surface area contributed by atoms with Crippen LogP contribution in [0.5, 0.6) is 0 Å². The second kappa shape index (κ2) is 4.72. The summed E-state index contributed by atoms with van der Waals surface area (Å²) in [5.41, 5.74) is 1.04. The third-order valence-electron chi connectivity index (χ3n) is 1.48. The van der Waals surface area contributed by atoms with Crippen molar-refractivity contribution >= 4 is 23.8 Å². The second-order valence-electron chi connectivity index (χ2n) is 2.46. The zero-order chi connectivity index (χ0) is 9.68. The summed E-state index contributed by atoms with van der Waals surface area (Å²) < 4.78 is 0. The highest BCUT2D eigenvalue weighted by Crippen LogP contribution is 2.18. The van der Waals surface area contributed by atoms with Crippen molar-refractivity contribution < 1.29 is 9.90 Å². The lowest BCUT2D eigenvalue weighted by atomic mass is 10.2. The minimum atomic E-state index is -0.794. The molecule has 0 amide bonds. The van der Waals surface area contributed by atoms with E-state index >= 15 is 0 Å². The van der Waals surface area contributed by atoms with Crippen LogP contribution in [0.4, 0.5) is 0 Å². The fourth-order valence-electron chi connectivity index (χ4n) is 0.845. The zero-order valence-corrected chi connectivity index (χ0v) is 7.88. The molecule has 0 bridgehead atoms. The Morgan fingerprint density at radius 2 is 2.08 bits per heavy atom. The number of thioether (sulfide) groups is 1. The Labute approximate surface area is 81.3 Å². The zero-order valence-electron chi connectivity index (χ0n) is 7.06. The molecule has 1 aromatic carbocycles. The van der Waals surface area contributed by atoms with Gasteiger partial charge >= 0.3 is 5.97 Å². The molecule has 0 aliphatic rings. The first-order valence-corrected chi connectivity index (χ1v) is 4.78. The van der Waals surface area contributed by atoms with Crippen LogP contribution < -0.4 is 0 Å². The maximum atomic E-state index is 10.3. The Morgan fingerprint density at radius 3 is 2.54 bits per heavy atom. The fraction of sp³-hybridized carbons (Fsp3) is 0.100. The molecule has 0 heterocycles. The molecule has 1 N–H and O–H groups in total. The normalized spacial score (nSPS) is 9.54. The Balaban J connectivity index is 2.59. The van der Waals surface area contributed by atoms with Crippen LogP contribution in [-0.4, -0.2) is 16.8 Å². The van der Waals surface area contributed by atoms with Crippen molar-refractivity contribution in [1.82, 2.24) is 0 Å². The van der Waals surface area contributed by atoms with Gasteiger partial charge in [0.25, 0.3) is 0 Å². The van der Waals surface area contributed by atoms with Crippen LogP contribution in [0.1, 0.15) is 5.56 Å². The van der Waals surface area contributed by atoms with Gasteiger partial charge in [-0.05, 0) is 17.7 Å². The van der Waals surface area contributed by atoms with Crippen molar-refractivity contribution in [1.29, 1.82) is 0 Å². The van der Waals surface area contributed by atoms with Gasteiger partial charge in [0.2, 0.25) is 0 Å². The van der Waals surface area contributed by atoms with E-state index in [0.717, 1.165) is 10.5 Å². The molecule has 0 aromatic heterocycles. The van der Waals surface area contributed by atoms with E-state index < -0.39 is 5.97 Å². The molecule has 0 unspecified atom stereocenters. The highest BCUT2D eigenvalue weighted by Gasteiger charge is 1.98. The van der Waals surface area contributed by atoms with Crippen LogP contribution >= 0.6 is 11.8 Å². The maximum Gasteiger partial charge on any atom is 0.313 e.